The molecule has 1 aromatic carbocycles. The fraction of sp³-hybridized carbons (Fsp3) is 0.538. The van der Waals surface area contributed by atoms with Crippen LogP contribution in [0, 0.1) is 0 Å². The second-order valence-electron chi connectivity index (χ2n) is 5.01. The highest BCUT2D eigenvalue weighted by atomic mass is 127. The van der Waals surface area contributed by atoms with Crippen LogP contribution in [-0.2, 0) is 6.54 Å². The van der Waals surface area contributed by atoms with E-state index in [4.69, 9.17) is 11.6 Å². The maximum Gasteiger partial charge on any atom is 0.0406 e. The molecule has 2 bridgehead atoms. The van der Waals surface area contributed by atoms with Gasteiger partial charge in [-0.2, -0.15) is 0 Å². The van der Waals surface area contributed by atoms with E-state index < -0.39 is 0 Å². The zero-order valence-electron chi connectivity index (χ0n) is 9.65. The molecule has 92 valence electrons. The van der Waals surface area contributed by atoms with Crippen LogP contribution in [0.2, 0.25) is 5.02 Å². The van der Waals surface area contributed by atoms with E-state index in [2.05, 4.69) is 43.0 Å². The molecule has 2 aliphatic rings. The number of benzene rings is 1. The first-order valence-corrected chi connectivity index (χ1v) is 7.47. The van der Waals surface area contributed by atoms with Crippen LogP contribution in [0.4, 0.5) is 0 Å². The van der Waals surface area contributed by atoms with Crippen LogP contribution < -0.4 is 0 Å². The molecule has 0 radical (unpaired) electrons. The molecule has 2 saturated heterocycles. The Labute approximate surface area is 121 Å². The zero-order chi connectivity index (χ0) is 11.8. The zero-order valence-corrected chi connectivity index (χ0v) is 12.6. The number of halogens is 2. The molecule has 0 amide bonds. The summed E-state index contributed by atoms with van der Waals surface area (Å²) in [7, 11) is 0. The van der Waals surface area contributed by atoms with Crippen LogP contribution in [0.15, 0.2) is 24.3 Å². The molecule has 2 unspecified atom stereocenters. The lowest BCUT2D eigenvalue weighted by Gasteiger charge is -2.38. The van der Waals surface area contributed by atoms with Gasteiger partial charge in [0.25, 0.3) is 0 Å². The van der Waals surface area contributed by atoms with Gasteiger partial charge in [-0.15, -0.1) is 0 Å². The number of piperazine rings is 1. The van der Waals surface area contributed by atoms with Crippen LogP contribution >= 0.6 is 34.5 Å². The van der Waals surface area contributed by atoms with Crippen molar-refractivity contribution in [3.63, 3.8) is 0 Å². The highest BCUT2D eigenvalue weighted by Gasteiger charge is 2.38. The monoisotopic (exact) mass is 362 g/mol. The van der Waals surface area contributed by atoms with Gasteiger partial charge in [0.2, 0.25) is 0 Å². The lowest BCUT2D eigenvalue weighted by molar-refractivity contribution is 0.115. The number of hydrogen-bond donors (Lipinski definition) is 0. The van der Waals surface area contributed by atoms with Gasteiger partial charge in [-0.05, 0) is 30.5 Å². The lowest BCUT2D eigenvalue weighted by Crippen LogP contribution is -2.49. The Bertz CT molecular complexity index is 381. The van der Waals surface area contributed by atoms with Crippen molar-refractivity contribution in [3.05, 3.63) is 34.9 Å². The highest BCUT2D eigenvalue weighted by Crippen LogP contribution is 2.32. The predicted octanol–water partition coefficient (Wildman–Crippen LogP) is 3.34. The second-order valence-corrected chi connectivity index (χ2v) is 6.81. The van der Waals surface area contributed by atoms with E-state index in [0.717, 1.165) is 23.7 Å². The maximum atomic E-state index is 5.92. The van der Waals surface area contributed by atoms with E-state index in [9.17, 15) is 0 Å². The molecule has 0 spiro atoms. The van der Waals surface area contributed by atoms with Crippen LogP contribution in [0.3, 0.4) is 0 Å². The molecule has 2 nitrogen and oxygen atoms in total. The highest BCUT2D eigenvalue weighted by molar-refractivity contribution is 14.1. The fourth-order valence-electron chi connectivity index (χ4n) is 3.00. The Morgan fingerprint density at radius 2 is 1.71 bits per heavy atom. The quantitative estimate of drug-likeness (QED) is 0.588. The normalized spacial score (nSPS) is 29.8. The Hall–Kier alpha value is 0.160. The Kier molecular flexibility index (Phi) is 3.62. The van der Waals surface area contributed by atoms with Crippen LogP contribution in [0.5, 0.6) is 0 Å². The Balaban J connectivity index is 1.72. The smallest absolute Gasteiger partial charge is 0.0406 e. The fourth-order valence-corrected chi connectivity index (χ4v) is 4.03. The largest absolute Gasteiger partial charge is 0.291 e. The molecule has 2 heterocycles. The average molecular weight is 363 g/mol. The standard InChI is InChI=1S/C13H16ClIN2/c14-11-3-1-10(2-4-11)7-17-12-5-6-13(17)9-16(15)8-12/h1-4,12-13H,5-9H2. The molecule has 1 aromatic rings. The minimum atomic E-state index is 0.751. The minimum absolute atomic E-state index is 0.751. The number of rotatable bonds is 2. The number of hydrogen-bond acceptors (Lipinski definition) is 2. The molecule has 2 aliphatic heterocycles. The van der Waals surface area contributed by atoms with Gasteiger partial charge in [0.15, 0.2) is 0 Å². The third-order valence-corrected chi connectivity index (χ3v) is 4.91. The molecule has 0 aromatic heterocycles. The summed E-state index contributed by atoms with van der Waals surface area (Å²) < 4.78 is 2.44. The summed E-state index contributed by atoms with van der Waals surface area (Å²) in [6.45, 7) is 3.51. The molecule has 2 fully saturated rings. The van der Waals surface area contributed by atoms with Gasteiger partial charge in [-0.25, -0.2) is 3.11 Å². The van der Waals surface area contributed by atoms with E-state index in [1.54, 1.807) is 0 Å². The third kappa shape index (κ3) is 2.62. The van der Waals surface area contributed by atoms with E-state index in [1.807, 2.05) is 12.1 Å². The Morgan fingerprint density at radius 3 is 2.29 bits per heavy atom. The molecule has 4 heteroatoms. The summed E-state index contributed by atoms with van der Waals surface area (Å²) in [6.07, 6.45) is 2.72. The molecule has 2 atom stereocenters. The summed E-state index contributed by atoms with van der Waals surface area (Å²) in [5, 5.41) is 0.828. The van der Waals surface area contributed by atoms with E-state index in [-0.39, 0.29) is 0 Å². The average Bonchev–Trinajstić information content (AvgIpc) is 2.56. The summed E-state index contributed by atoms with van der Waals surface area (Å²) in [4.78, 5) is 2.68. The lowest BCUT2D eigenvalue weighted by atomic mass is 10.1. The van der Waals surface area contributed by atoms with Crippen molar-refractivity contribution >= 4 is 34.5 Å². The van der Waals surface area contributed by atoms with Crippen molar-refractivity contribution in [3.8, 4) is 0 Å². The maximum absolute atomic E-state index is 5.92. The SMILES string of the molecule is Clc1ccc(CN2C3CCC2CN(I)C3)cc1. The van der Waals surface area contributed by atoms with Crippen LogP contribution in [-0.4, -0.2) is 33.2 Å². The molecule has 3 rings (SSSR count). The molecular weight excluding hydrogens is 347 g/mol. The van der Waals surface area contributed by atoms with Crippen molar-refractivity contribution in [2.45, 2.75) is 31.5 Å². The number of fused-ring (bicyclic) bond motifs is 2. The minimum Gasteiger partial charge on any atom is -0.291 e. The van der Waals surface area contributed by atoms with Crippen LogP contribution in [0.25, 0.3) is 0 Å². The van der Waals surface area contributed by atoms with Crippen molar-refractivity contribution in [2.24, 2.45) is 0 Å². The Morgan fingerprint density at radius 1 is 1.12 bits per heavy atom. The van der Waals surface area contributed by atoms with Crippen molar-refractivity contribution in [1.29, 1.82) is 0 Å². The van der Waals surface area contributed by atoms with Crippen molar-refractivity contribution < 1.29 is 0 Å². The topological polar surface area (TPSA) is 6.48 Å². The molecule has 0 aliphatic carbocycles. The summed E-state index contributed by atoms with van der Waals surface area (Å²) in [5.41, 5.74) is 1.38. The van der Waals surface area contributed by atoms with Gasteiger partial charge in [0.05, 0.1) is 0 Å². The first-order chi connectivity index (χ1) is 8.22. The third-order valence-electron chi connectivity index (χ3n) is 3.87. The van der Waals surface area contributed by atoms with Gasteiger partial charge in [-0.3, -0.25) is 4.90 Å². The summed E-state index contributed by atoms with van der Waals surface area (Å²) in [6, 6.07) is 9.79. The van der Waals surface area contributed by atoms with E-state index in [1.165, 1.54) is 31.5 Å². The molecule has 17 heavy (non-hydrogen) atoms. The molecule has 0 saturated carbocycles. The summed E-state index contributed by atoms with van der Waals surface area (Å²) >= 11 is 8.38. The van der Waals surface area contributed by atoms with Gasteiger partial charge in [0.1, 0.15) is 0 Å². The van der Waals surface area contributed by atoms with Gasteiger partial charge >= 0.3 is 0 Å². The molecule has 0 N–H and O–H groups in total. The van der Waals surface area contributed by atoms with Gasteiger partial charge < -0.3 is 0 Å². The summed E-state index contributed by atoms with van der Waals surface area (Å²) in [5.74, 6) is 0. The van der Waals surface area contributed by atoms with E-state index >= 15 is 0 Å². The number of nitrogens with zero attached hydrogens (tertiary/aromatic N) is 2. The molecular formula is C13H16ClIN2. The second kappa shape index (κ2) is 5.03. The first kappa shape index (κ1) is 12.2. The van der Waals surface area contributed by atoms with Crippen LogP contribution in [0.1, 0.15) is 18.4 Å². The first-order valence-electron chi connectivity index (χ1n) is 6.13. The van der Waals surface area contributed by atoms with Gasteiger partial charge in [-0.1, -0.05) is 23.7 Å². The van der Waals surface area contributed by atoms with Gasteiger partial charge in [0, 0.05) is 59.6 Å². The predicted molar refractivity (Wildman–Crippen MR) is 79.4 cm³/mol. The van der Waals surface area contributed by atoms with Crippen molar-refractivity contribution in [2.75, 3.05) is 13.1 Å². The van der Waals surface area contributed by atoms with E-state index in [0.29, 0.717) is 0 Å². The van der Waals surface area contributed by atoms with Crippen molar-refractivity contribution in [1.82, 2.24) is 8.01 Å².